The molecule has 0 unspecified atom stereocenters. The Morgan fingerprint density at radius 3 is 1.30 bits per heavy atom. The fourth-order valence-corrected chi connectivity index (χ4v) is 4.08. The van der Waals surface area contributed by atoms with Gasteiger partial charge in [0, 0.05) is 6.42 Å². The molecule has 14 heteroatoms. The van der Waals surface area contributed by atoms with Crippen molar-refractivity contribution >= 4 is 23.9 Å². The van der Waals surface area contributed by atoms with Gasteiger partial charge in [-0.15, -0.1) is 0 Å². The second-order valence-electron chi connectivity index (χ2n) is 10.9. The number of ether oxygens (including phenoxy) is 10. The zero-order valence-electron chi connectivity index (χ0n) is 30.3. The Morgan fingerprint density at radius 1 is 0.481 bits per heavy atom. The van der Waals surface area contributed by atoms with Crippen LogP contribution in [0.2, 0.25) is 0 Å². The highest BCUT2D eigenvalue weighted by Gasteiger charge is 2.13. The van der Waals surface area contributed by atoms with Crippen molar-refractivity contribution in [2.45, 2.75) is 13.3 Å². The van der Waals surface area contributed by atoms with Gasteiger partial charge in [-0.1, -0.05) is 20.1 Å². The van der Waals surface area contributed by atoms with Crippen LogP contribution >= 0.6 is 0 Å². The van der Waals surface area contributed by atoms with Crippen molar-refractivity contribution in [1.29, 1.82) is 0 Å². The highest BCUT2D eigenvalue weighted by molar-refractivity contribution is 5.93. The van der Waals surface area contributed by atoms with E-state index < -0.39 is 17.9 Å². The molecule has 0 aliphatic heterocycles. The number of allylic oxidation sites excluding steroid dienone is 1. The minimum Gasteiger partial charge on any atom is -0.492 e. The van der Waals surface area contributed by atoms with Crippen LogP contribution in [0.4, 0.5) is 0 Å². The molecule has 3 rings (SSSR count). The molecule has 54 heavy (non-hydrogen) atoms. The van der Waals surface area contributed by atoms with Crippen LogP contribution in [0.5, 0.6) is 17.2 Å². The standard InChI is InChI=1S/C40H46O14/c1-4-30(3)49-26-22-45-18-19-46-23-27-50-34-12-6-32(7-13-34)39(43)54-36-16-10-33(11-17-36)40(44)53-35-14-8-31(9-15-35)38(42)52-29-25-48-21-20-47-24-28-51-37(41)5-2/h4,6-17H,1,3,5,18-29H2,2H3. The van der Waals surface area contributed by atoms with E-state index >= 15 is 0 Å². The second kappa shape index (κ2) is 25.4. The van der Waals surface area contributed by atoms with Gasteiger partial charge in [0.2, 0.25) is 0 Å². The average molecular weight is 751 g/mol. The fraction of sp³-hybridized carbons (Fsp3) is 0.350. The van der Waals surface area contributed by atoms with Crippen molar-refractivity contribution < 1.29 is 66.5 Å². The molecule has 3 aromatic carbocycles. The molecule has 0 saturated carbocycles. The van der Waals surface area contributed by atoms with Crippen LogP contribution in [-0.4, -0.2) is 103 Å². The molecule has 0 bridgehead atoms. The number of benzene rings is 3. The predicted molar refractivity (Wildman–Crippen MR) is 195 cm³/mol. The van der Waals surface area contributed by atoms with Crippen molar-refractivity contribution in [2.24, 2.45) is 0 Å². The molecular weight excluding hydrogens is 704 g/mol. The molecule has 0 atom stereocenters. The van der Waals surface area contributed by atoms with Crippen molar-refractivity contribution in [2.75, 3.05) is 79.3 Å². The Labute approximate surface area is 314 Å². The Kier molecular flexibility index (Phi) is 20.2. The van der Waals surface area contributed by atoms with Crippen molar-refractivity contribution in [3.05, 3.63) is 114 Å². The molecule has 0 amide bonds. The third-order valence-corrected chi connectivity index (χ3v) is 6.91. The van der Waals surface area contributed by atoms with Gasteiger partial charge in [0.25, 0.3) is 0 Å². The minimum absolute atomic E-state index is 0.0390. The lowest BCUT2D eigenvalue weighted by Crippen LogP contribution is -2.15. The molecule has 0 aromatic heterocycles. The first-order valence-corrected chi connectivity index (χ1v) is 17.2. The monoisotopic (exact) mass is 750 g/mol. The SMILES string of the molecule is C=CC(=C)OCCOCCOCCOc1ccc(C(=O)Oc2ccc(C(=O)Oc3ccc(C(=O)OCCOCCOCCOC(=O)CC)cc3)cc2)cc1. The first-order valence-electron chi connectivity index (χ1n) is 17.2. The Hall–Kier alpha value is -5.54. The summed E-state index contributed by atoms with van der Waals surface area (Å²) in [6.07, 6.45) is 1.85. The first-order chi connectivity index (χ1) is 26.3. The van der Waals surface area contributed by atoms with Crippen molar-refractivity contribution in [1.82, 2.24) is 0 Å². The van der Waals surface area contributed by atoms with Gasteiger partial charge in [0.1, 0.15) is 49.4 Å². The summed E-state index contributed by atoms with van der Waals surface area (Å²) in [5.41, 5.74) is 0.805. The van der Waals surface area contributed by atoms with Crippen molar-refractivity contribution in [3.8, 4) is 17.2 Å². The van der Waals surface area contributed by atoms with Crippen LogP contribution in [0.15, 0.2) is 97.8 Å². The lowest BCUT2D eigenvalue weighted by molar-refractivity contribution is -0.144. The van der Waals surface area contributed by atoms with Crippen LogP contribution < -0.4 is 14.2 Å². The molecule has 0 heterocycles. The maximum absolute atomic E-state index is 12.7. The molecule has 0 N–H and O–H groups in total. The van der Waals surface area contributed by atoms with E-state index in [9.17, 15) is 19.2 Å². The van der Waals surface area contributed by atoms with E-state index in [2.05, 4.69) is 13.2 Å². The summed E-state index contributed by atoms with van der Waals surface area (Å²) >= 11 is 0. The quantitative estimate of drug-likeness (QED) is 0.0320. The summed E-state index contributed by atoms with van der Waals surface area (Å²) in [7, 11) is 0. The number of esters is 4. The number of carbonyl (C=O) groups excluding carboxylic acids is 4. The molecule has 0 fully saturated rings. The zero-order chi connectivity index (χ0) is 38.8. The van der Waals surface area contributed by atoms with Gasteiger partial charge in [-0.05, 0) is 78.9 Å². The number of hydrogen-bond acceptors (Lipinski definition) is 14. The normalized spacial score (nSPS) is 10.5. The maximum Gasteiger partial charge on any atom is 0.343 e. The topological polar surface area (TPSA) is 161 Å². The number of hydrogen-bond donors (Lipinski definition) is 0. The van der Waals surface area contributed by atoms with Gasteiger partial charge in [-0.25, -0.2) is 14.4 Å². The largest absolute Gasteiger partial charge is 0.492 e. The van der Waals surface area contributed by atoms with Crippen LogP contribution in [0.3, 0.4) is 0 Å². The Balaban J connectivity index is 1.28. The summed E-state index contributed by atoms with van der Waals surface area (Å²) in [6.45, 7) is 12.5. The third kappa shape index (κ3) is 17.3. The van der Waals surface area contributed by atoms with E-state index in [0.717, 1.165) is 0 Å². The molecule has 14 nitrogen and oxygen atoms in total. The van der Waals surface area contributed by atoms with Crippen LogP contribution in [0, 0.1) is 0 Å². The van der Waals surface area contributed by atoms with Gasteiger partial charge in [0.05, 0.1) is 69.5 Å². The zero-order valence-corrected chi connectivity index (χ0v) is 30.3. The predicted octanol–water partition coefficient (Wildman–Crippen LogP) is 5.40. The molecule has 0 radical (unpaired) electrons. The molecule has 0 aliphatic rings. The Bertz CT molecular complexity index is 1600. The van der Waals surface area contributed by atoms with E-state index in [1.54, 1.807) is 31.2 Å². The fourth-order valence-electron chi connectivity index (χ4n) is 4.08. The third-order valence-electron chi connectivity index (χ3n) is 6.91. The lowest BCUT2D eigenvalue weighted by atomic mass is 10.2. The number of rotatable bonds is 27. The first kappa shape index (κ1) is 42.9. The molecule has 0 spiro atoms. The average Bonchev–Trinajstić information content (AvgIpc) is 3.19. The summed E-state index contributed by atoms with van der Waals surface area (Å²) in [5, 5.41) is 0. The molecule has 3 aromatic rings. The molecule has 0 aliphatic carbocycles. The van der Waals surface area contributed by atoms with Gasteiger partial charge in [-0.2, -0.15) is 0 Å². The van der Waals surface area contributed by atoms with Gasteiger partial charge in [-0.3, -0.25) is 4.79 Å². The van der Waals surface area contributed by atoms with Gasteiger partial charge < -0.3 is 47.4 Å². The van der Waals surface area contributed by atoms with E-state index in [1.165, 1.54) is 54.6 Å². The summed E-state index contributed by atoms with van der Waals surface area (Å²) in [5.74, 6) is -0.544. The van der Waals surface area contributed by atoms with Crippen LogP contribution in [-0.2, 0) is 38.0 Å². The Morgan fingerprint density at radius 2 is 0.852 bits per heavy atom. The van der Waals surface area contributed by atoms with Crippen LogP contribution in [0.25, 0.3) is 0 Å². The summed E-state index contributed by atoms with van der Waals surface area (Å²) in [6, 6.07) is 18.3. The highest BCUT2D eigenvalue weighted by atomic mass is 16.6. The van der Waals surface area contributed by atoms with Gasteiger partial charge in [0.15, 0.2) is 0 Å². The highest BCUT2D eigenvalue weighted by Crippen LogP contribution is 2.19. The molecular formula is C40H46O14. The smallest absolute Gasteiger partial charge is 0.343 e. The lowest BCUT2D eigenvalue weighted by Gasteiger charge is -2.09. The molecule has 290 valence electrons. The molecule has 0 saturated heterocycles. The van der Waals surface area contributed by atoms with E-state index in [4.69, 9.17) is 47.4 Å². The summed E-state index contributed by atoms with van der Waals surface area (Å²) < 4.78 is 53.3. The summed E-state index contributed by atoms with van der Waals surface area (Å²) in [4.78, 5) is 48.6. The maximum atomic E-state index is 12.7. The number of carbonyl (C=O) groups is 4. The van der Waals surface area contributed by atoms with Crippen molar-refractivity contribution in [3.63, 3.8) is 0 Å². The van der Waals surface area contributed by atoms with E-state index in [-0.39, 0.29) is 55.0 Å². The van der Waals surface area contributed by atoms with E-state index in [0.29, 0.717) is 76.3 Å². The minimum atomic E-state index is -0.641. The second-order valence-corrected chi connectivity index (χ2v) is 10.9. The van der Waals surface area contributed by atoms with Gasteiger partial charge >= 0.3 is 23.9 Å². The van der Waals surface area contributed by atoms with E-state index in [1.807, 2.05) is 0 Å². The van der Waals surface area contributed by atoms with Crippen LogP contribution in [0.1, 0.15) is 44.4 Å².